The van der Waals surface area contributed by atoms with Crippen LogP contribution in [0.1, 0.15) is 33.1 Å². The molecule has 1 aromatic carbocycles. The van der Waals surface area contributed by atoms with E-state index in [9.17, 15) is 4.79 Å². The number of benzene rings is 1. The van der Waals surface area contributed by atoms with Crippen LogP contribution in [-0.2, 0) is 4.79 Å². The molecule has 5 heteroatoms. The highest BCUT2D eigenvalue weighted by Gasteiger charge is 2.29. The Morgan fingerprint density at radius 3 is 3.05 bits per heavy atom. The fraction of sp³-hybridized carbons (Fsp3) is 0.562. The molecule has 1 saturated heterocycles. The third-order valence-corrected chi connectivity index (χ3v) is 4.45. The van der Waals surface area contributed by atoms with Gasteiger partial charge in [0.05, 0.1) is 17.4 Å². The van der Waals surface area contributed by atoms with Crippen molar-refractivity contribution in [1.82, 2.24) is 4.90 Å². The minimum atomic E-state index is -0.148. The highest BCUT2D eigenvalue weighted by molar-refractivity contribution is 6.31. The predicted octanol–water partition coefficient (Wildman–Crippen LogP) is 3.37. The van der Waals surface area contributed by atoms with Gasteiger partial charge in [-0.3, -0.25) is 9.69 Å². The Morgan fingerprint density at radius 1 is 1.57 bits per heavy atom. The van der Waals surface area contributed by atoms with Crippen LogP contribution in [0.2, 0.25) is 5.02 Å². The van der Waals surface area contributed by atoms with Gasteiger partial charge in [-0.1, -0.05) is 24.9 Å². The number of likely N-dealkylation sites (tertiary alicyclic amines) is 1. The van der Waals surface area contributed by atoms with E-state index in [-0.39, 0.29) is 11.9 Å². The first kappa shape index (κ1) is 16.1. The van der Waals surface area contributed by atoms with E-state index in [1.54, 1.807) is 18.2 Å². The lowest BCUT2D eigenvalue weighted by Crippen LogP contribution is -2.40. The second-order valence-electron chi connectivity index (χ2n) is 5.84. The number of hydrogen-bond donors (Lipinski definition) is 2. The minimum Gasteiger partial charge on any atom is -0.397 e. The smallest absolute Gasteiger partial charge is 0.241 e. The molecular weight excluding hydrogens is 286 g/mol. The van der Waals surface area contributed by atoms with Gasteiger partial charge in [-0.05, 0) is 50.4 Å². The van der Waals surface area contributed by atoms with Gasteiger partial charge in [0.25, 0.3) is 0 Å². The molecule has 3 N–H and O–H groups in total. The molecule has 0 spiro atoms. The molecule has 2 atom stereocenters. The van der Waals surface area contributed by atoms with Crippen LogP contribution in [-0.4, -0.2) is 29.9 Å². The summed E-state index contributed by atoms with van der Waals surface area (Å²) in [6.07, 6.45) is 3.63. The van der Waals surface area contributed by atoms with Crippen molar-refractivity contribution >= 4 is 28.9 Å². The lowest BCUT2D eigenvalue weighted by Gasteiger charge is -2.24. The number of nitrogens with one attached hydrogen (secondary N) is 1. The third-order valence-electron chi connectivity index (χ3n) is 4.21. The van der Waals surface area contributed by atoms with Crippen molar-refractivity contribution < 1.29 is 4.79 Å². The van der Waals surface area contributed by atoms with Gasteiger partial charge in [0.2, 0.25) is 5.91 Å². The summed E-state index contributed by atoms with van der Waals surface area (Å²) in [4.78, 5) is 14.6. The monoisotopic (exact) mass is 309 g/mol. The van der Waals surface area contributed by atoms with E-state index < -0.39 is 0 Å². The SMILES string of the molecule is CCCC1CCN(C(C)C(=O)Nc2cc(Cl)ccc2N)C1. The van der Waals surface area contributed by atoms with Crippen LogP contribution >= 0.6 is 11.6 Å². The van der Waals surface area contributed by atoms with Crippen molar-refractivity contribution in [2.75, 3.05) is 24.1 Å². The molecule has 116 valence electrons. The Morgan fingerprint density at radius 2 is 2.33 bits per heavy atom. The first-order valence-corrected chi connectivity index (χ1v) is 7.99. The summed E-state index contributed by atoms with van der Waals surface area (Å²) in [5.74, 6) is 0.697. The molecule has 1 aromatic rings. The Labute approximate surface area is 131 Å². The van der Waals surface area contributed by atoms with E-state index in [4.69, 9.17) is 17.3 Å². The van der Waals surface area contributed by atoms with Gasteiger partial charge in [-0.25, -0.2) is 0 Å². The number of amides is 1. The maximum Gasteiger partial charge on any atom is 0.241 e. The van der Waals surface area contributed by atoms with Crippen LogP contribution in [0.4, 0.5) is 11.4 Å². The zero-order chi connectivity index (χ0) is 15.4. The van der Waals surface area contributed by atoms with Crippen molar-refractivity contribution in [3.8, 4) is 0 Å². The lowest BCUT2D eigenvalue weighted by atomic mass is 10.0. The van der Waals surface area contributed by atoms with Gasteiger partial charge in [-0.2, -0.15) is 0 Å². The summed E-state index contributed by atoms with van der Waals surface area (Å²) in [6.45, 7) is 6.16. The Hall–Kier alpha value is -1.26. The maximum absolute atomic E-state index is 12.4. The predicted molar refractivity (Wildman–Crippen MR) is 88.5 cm³/mol. The quantitative estimate of drug-likeness (QED) is 0.820. The second kappa shape index (κ2) is 7.14. The molecule has 4 nitrogen and oxygen atoms in total. The van der Waals surface area contributed by atoms with Crippen molar-refractivity contribution in [1.29, 1.82) is 0 Å². The Bertz CT molecular complexity index is 506. The van der Waals surface area contributed by atoms with Gasteiger partial charge in [-0.15, -0.1) is 0 Å². The average molecular weight is 310 g/mol. The zero-order valence-electron chi connectivity index (χ0n) is 12.7. The van der Waals surface area contributed by atoms with E-state index in [2.05, 4.69) is 17.1 Å². The largest absolute Gasteiger partial charge is 0.397 e. The summed E-state index contributed by atoms with van der Waals surface area (Å²) in [6, 6.07) is 4.96. The van der Waals surface area contributed by atoms with E-state index in [1.807, 2.05) is 6.92 Å². The molecule has 2 rings (SSSR count). The Kier molecular flexibility index (Phi) is 5.48. The molecule has 1 amide bonds. The standard InChI is InChI=1S/C16H24ClN3O/c1-3-4-12-7-8-20(10-12)11(2)16(21)19-15-9-13(17)5-6-14(15)18/h5-6,9,11-12H,3-4,7-8,10,18H2,1-2H3,(H,19,21). The van der Waals surface area contributed by atoms with Crippen LogP contribution in [0, 0.1) is 5.92 Å². The summed E-state index contributed by atoms with van der Waals surface area (Å²) in [7, 11) is 0. The molecule has 0 saturated carbocycles. The number of anilines is 2. The molecule has 21 heavy (non-hydrogen) atoms. The molecule has 1 aliphatic heterocycles. The van der Waals surface area contributed by atoms with Gasteiger partial charge in [0, 0.05) is 11.6 Å². The fourth-order valence-corrected chi connectivity index (χ4v) is 3.07. The highest BCUT2D eigenvalue weighted by atomic mass is 35.5. The highest BCUT2D eigenvalue weighted by Crippen LogP contribution is 2.25. The summed E-state index contributed by atoms with van der Waals surface area (Å²) < 4.78 is 0. The number of rotatable bonds is 5. The van der Waals surface area contributed by atoms with E-state index in [0.717, 1.165) is 19.0 Å². The third kappa shape index (κ3) is 4.11. The molecule has 1 aliphatic rings. The maximum atomic E-state index is 12.4. The molecule has 0 radical (unpaired) electrons. The number of carbonyl (C=O) groups excluding carboxylic acids is 1. The number of carbonyl (C=O) groups is 1. The number of hydrogen-bond acceptors (Lipinski definition) is 3. The summed E-state index contributed by atoms with van der Waals surface area (Å²) in [5.41, 5.74) is 6.99. The van der Waals surface area contributed by atoms with E-state index >= 15 is 0 Å². The van der Waals surface area contributed by atoms with Crippen molar-refractivity contribution in [2.45, 2.75) is 39.2 Å². The fourth-order valence-electron chi connectivity index (χ4n) is 2.90. The van der Waals surface area contributed by atoms with Gasteiger partial charge < -0.3 is 11.1 Å². The van der Waals surface area contributed by atoms with Gasteiger partial charge in [0.1, 0.15) is 0 Å². The van der Waals surface area contributed by atoms with Gasteiger partial charge in [0.15, 0.2) is 0 Å². The van der Waals surface area contributed by atoms with Crippen LogP contribution in [0.15, 0.2) is 18.2 Å². The number of nitrogen functional groups attached to an aromatic ring is 1. The molecule has 0 bridgehead atoms. The average Bonchev–Trinajstić information content (AvgIpc) is 2.91. The topological polar surface area (TPSA) is 58.4 Å². The summed E-state index contributed by atoms with van der Waals surface area (Å²) >= 11 is 5.94. The zero-order valence-corrected chi connectivity index (χ0v) is 13.5. The van der Waals surface area contributed by atoms with Crippen LogP contribution < -0.4 is 11.1 Å². The summed E-state index contributed by atoms with van der Waals surface area (Å²) in [5, 5.41) is 3.45. The molecular formula is C16H24ClN3O. The molecule has 1 fully saturated rings. The van der Waals surface area contributed by atoms with Crippen molar-refractivity contribution in [3.63, 3.8) is 0 Å². The molecule has 0 aromatic heterocycles. The lowest BCUT2D eigenvalue weighted by molar-refractivity contribution is -0.120. The van der Waals surface area contributed by atoms with Gasteiger partial charge >= 0.3 is 0 Å². The van der Waals surface area contributed by atoms with Crippen LogP contribution in [0.3, 0.4) is 0 Å². The van der Waals surface area contributed by atoms with Crippen LogP contribution in [0.5, 0.6) is 0 Å². The second-order valence-corrected chi connectivity index (χ2v) is 6.27. The normalized spacial score (nSPS) is 20.4. The molecule has 2 unspecified atom stereocenters. The number of nitrogens with two attached hydrogens (primary N) is 1. The van der Waals surface area contributed by atoms with Crippen molar-refractivity contribution in [3.05, 3.63) is 23.2 Å². The first-order valence-electron chi connectivity index (χ1n) is 7.61. The minimum absolute atomic E-state index is 0.0267. The van der Waals surface area contributed by atoms with Crippen molar-refractivity contribution in [2.24, 2.45) is 5.92 Å². The van der Waals surface area contributed by atoms with E-state index in [1.165, 1.54) is 19.3 Å². The number of nitrogens with zero attached hydrogens (tertiary/aromatic N) is 1. The molecule has 0 aliphatic carbocycles. The van der Waals surface area contributed by atoms with E-state index in [0.29, 0.717) is 16.4 Å². The van der Waals surface area contributed by atoms with Crippen LogP contribution in [0.25, 0.3) is 0 Å². The Balaban J connectivity index is 1.95. The number of halogens is 1. The first-order chi connectivity index (χ1) is 10.0. The molecule has 1 heterocycles.